The number of halogens is 2. The van der Waals surface area contributed by atoms with Gasteiger partial charge in [0.25, 0.3) is 0 Å². The molecule has 6 heteroatoms. The Labute approximate surface area is 133 Å². The highest BCUT2D eigenvalue weighted by molar-refractivity contribution is 7.11. The van der Waals surface area contributed by atoms with Crippen molar-refractivity contribution in [3.05, 3.63) is 57.3 Å². The van der Waals surface area contributed by atoms with E-state index in [2.05, 4.69) is 34.7 Å². The lowest BCUT2D eigenvalue weighted by Crippen LogP contribution is -2.36. The molecule has 0 bridgehead atoms. The van der Waals surface area contributed by atoms with Crippen LogP contribution >= 0.6 is 11.3 Å². The number of nitrogens with zero attached hydrogens (tertiary/aromatic N) is 1. The first kappa shape index (κ1) is 16.4. The number of benzene rings is 1. The third-order valence-corrected chi connectivity index (χ3v) is 3.99. The highest BCUT2D eigenvalue weighted by atomic mass is 32.1. The molecule has 0 aliphatic carbocycles. The first-order chi connectivity index (χ1) is 10.6. The van der Waals surface area contributed by atoms with Gasteiger partial charge in [-0.1, -0.05) is 0 Å². The summed E-state index contributed by atoms with van der Waals surface area (Å²) >= 11 is 1.71. The lowest BCUT2D eigenvalue weighted by Gasteiger charge is -2.10. The number of guanidine groups is 1. The van der Waals surface area contributed by atoms with Crippen molar-refractivity contribution in [2.75, 3.05) is 6.54 Å². The molecule has 0 aliphatic heterocycles. The largest absolute Gasteiger partial charge is 0.357 e. The van der Waals surface area contributed by atoms with Gasteiger partial charge in [0.1, 0.15) is 11.6 Å². The maximum absolute atomic E-state index is 13.6. The van der Waals surface area contributed by atoms with Crippen LogP contribution in [0.3, 0.4) is 0 Å². The molecule has 0 aliphatic rings. The van der Waals surface area contributed by atoms with Crippen molar-refractivity contribution in [3.63, 3.8) is 0 Å². The van der Waals surface area contributed by atoms with Crippen LogP contribution in [0.2, 0.25) is 0 Å². The Morgan fingerprint density at radius 2 is 2.00 bits per heavy atom. The number of aryl methyl sites for hydroxylation is 1. The fraction of sp³-hybridized carbons (Fsp3) is 0.312. The summed E-state index contributed by atoms with van der Waals surface area (Å²) in [5.74, 6) is -0.328. The van der Waals surface area contributed by atoms with Crippen LogP contribution in [0, 0.1) is 18.6 Å². The zero-order valence-electron chi connectivity index (χ0n) is 12.6. The van der Waals surface area contributed by atoms with Gasteiger partial charge in [-0.3, -0.25) is 0 Å². The summed E-state index contributed by atoms with van der Waals surface area (Å²) in [7, 11) is 0. The standard InChI is InChI=1S/C16H19F2N3S/c1-3-19-16(21-10-14-6-4-11(2)22-14)20-9-12-8-13(17)5-7-15(12)18/h4-8H,3,9-10H2,1-2H3,(H2,19,20,21). The Bertz CT molecular complexity index is 653. The quantitative estimate of drug-likeness (QED) is 0.652. The molecule has 0 atom stereocenters. The molecule has 0 spiro atoms. The van der Waals surface area contributed by atoms with Crippen molar-refractivity contribution < 1.29 is 8.78 Å². The van der Waals surface area contributed by atoms with Crippen molar-refractivity contribution in [2.45, 2.75) is 26.9 Å². The number of thiophene rings is 1. The topological polar surface area (TPSA) is 36.4 Å². The van der Waals surface area contributed by atoms with Crippen molar-refractivity contribution >= 4 is 17.3 Å². The zero-order chi connectivity index (χ0) is 15.9. The maximum atomic E-state index is 13.6. The second-order valence-electron chi connectivity index (χ2n) is 4.80. The van der Waals surface area contributed by atoms with Crippen LogP contribution in [0.25, 0.3) is 0 Å². The zero-order valence-corrected chi connectivity index (χ0v) is 13.4. The second kappa shape index (κ2) is 7.89. The van der Waals surface area contributed by atoms with E-state index in [1.54, 1.807) is 11.3 Å². The molecule has 1 aromatic heterocycles. The summed E-state index contributed by atoms with van der Waals surface area (Å²) in [6, 6.07) is 7.52. The third-order valence-electron chi connectivity index (χ3n) is 2.99. The van der Waals surface area contributed by atoms with Crippen LogP contribution in [0.5, 0.6) is 0 Å². The number of hydrogen-bond donors (Lipinski definition) is 2. The highest BCUT2D eigenvalue weighted by Crippen LogP contribution is 2.14. The number of rotatable bonds is 5. The average Bonchev–Trinajstić information content (AvgIpc) is 2.91. The van der Waals surface area contributed by atoms with Crippen LogP contribution in [-0.2, 0) is 13.1 Å². The minimum atomic E-state index is -0.460. The molecule has 22 heavy (non-hydrogen) atoms. The molecule has 0 saturated carbocycles. The second-order valence-corrected chi connectivity index (χ2v) is 6.17. The van der Waals surface area contributed by atoms with Gasteiger partial charge in [-0.05, 0) is 44.2 Å². The van der Waals surface area contributed by atoms with Gasteiger partial charge in [-0.25, -0.2) is 13.8 Å². The molecule has 2 N–H and O–H groups in total. The first-order valence-corrected chi connectivity index (χ1v) is 7.91. The van der Waals surface area contributed by atoms with E-state index >= 15 is 0 Å². The van der Waals surface area contributed by atoms with Gasteiger partial charge in [0.05, 0.1) is 13.1 Å². The van der Waals surface area contributed by atoms with E-state index in [0.29, 0.717) is 19.0 Å². The molecule has 0 radical (unpaired) electrons. The number of aliphatic imine (C=N–C) groups is 1. The SMILES string of the molecule is CCNC(=NCc1cc(F)ccc1F)NCc1ccc(C)s1. The van der Waals surface area contributed by atoms with E-state index in [-0.39, 0.29) is 12.1 Å². The van der Waals surface area contributed by atoms with E-state index < -0.39 is 11.6 Å². The molecule has 1 aromatic carbocycles. The molecule has 118 valence electrons. The molecular weight excluding hydrogens is 304 g/mol. The minimum Gasteiger partial charge on any atom is -0.357 e. The minimum absolute atomic E-state index is 0.0857. The fourth-order valence-electron chi connectivity index (χ4n) is 1.92. The van der Waals surface area contributed by atoms with Crippen molar-refractivity contribution in [3.8, 4) is 0 Å². The lowest BCUT2D eigenvalue weighted by molar-refractivity contribution is 0.585. The monoisotopic (exact) mass is 323 g/mol. The van der Waals surface area contributed by atoms with Gasteiger partial charge in [0, 0.05) is 21.9 Å². The first-order valence-electron chi connectivity index (χ1n) is 7.10. The molecule has 2 aromatic rings. The molecule has 0 unspecified atom stereocenters. The van der Waals surface area contributed by atoms with Gasteiger partial charge in [0.15, 0.2) is 5.96 Å². The summed E-state index contributed by atoms with van der Waals surface area (Å²) < 4.78 is 26.7. The Balaban J connectivity index is 2.01. The van der Waals surface area contributed by atoms with Crippen molar-refractivity contribution in [1.82, 2.24) is 10.6 Å². The molecule has 0 amide bonds. The van der Waals surface area contributed by atoms with E-state index in [0.717, 1.165) is 12.1 Å². The Kier molecular flexibility index (Phi) is 5.89. The molecule has 1 heterocycles. The van der Waals surface area contributed by atoms with Crippen molar-refractivity contribution in [1.29, 1.82) is 0 Å². The highest BCUT2D eigenvalue weighted by Gasteiger charge is 2.05. The van der Waals surface area contributed by atoms with Gasteiger partial charge in [0.2, 0.25) is 0 Å². The molecule has 0 saturated heterocycles. The predicted molar refractivity (Wildman–Crippen MR) is 87.1 cm³/mol. The summed E-state index contributed by atoms with van der Waals surface area (Å²) in [5, 5.41) is 6.28. The van der Waals surface area contributed by atoms with E-state index in [4.69, 9.17) is 0 Å². The molecule has 0 fully saturated rings. The van der Waals surface area contributed by atoms with Gasteiger partial charge in [-0.2, -0.15) is 0 Å². The lowest BCUT2D eigenvalue weighted by atomic mass is 10.2. The summed E-state index contributed by atoms with van der Waals surface area (Å²) in [4.78, 5) is 6.74. The summed E-state index contributed by atoms with van der Waals surface area (Å²) in [6.45, 7) is 5.44. The molecule has 3 nitrogen and oxygen atoms in total. The average molecular weight is 323 g/mol. The van der Waals surface area contributed by atoms with Crippen LogP contribution < -0.4 is 10.6 Å². The Morgan fingerprint density at radius 3 is 2.68 bits per heavy atom. The van der Waals surface area contributed by atoms with Crippen LogP contribution in [0.4, 0.5) is 8.78 Å². The third kappa shape index (κ3) is 4.80. The summed E-state index contributed by atoms with van der Waals surface area (Å²) in [5.41, 5.74) is 0.240. The molecular formula is C16H19F2N3S. The molecule has 2 rings (SSSR count). The van der Waals surface area contributed by atoms with Crippen LogP contribution in [0.15, 0.2) is 35.3 Å². The fourth-order valence-corrected chi connectivity index (χ4v) is 2.75. The Morgan fingerprint density at radius 1 is 1.18 bits per heavy atom. The number of hydrogen-bond acceptors (Lipinski definition) is 2. The van der Waals surface area contributed by atoms with E-state index in [1.165, 1.54) is 15.8 Å². The Hall–Kier alpha value is -1.95. The number of nitrogens with one attached hydrogen (secondary N) is 2. The summed E-state index contributed by atoms with van der Waals surface area (Å²) in [6.07, 6.45) is 0. The van der Waals surface area contributed by atoms with Crippen LogP contribution in [-0.4, -0.2) is 12.5 Å². The van der Waals surface area contributed by atoms with E-state index in [9.17, 15) is 8.78 Å². The predicted octanol–water partition coefficient (Wildman–Crippen LogP) is 3.59. The maximum Gasteiger partial charge on any atom is 0.191 e. The van der Waals surface area contributed by atoms with Crippen LogP contribution in [0.1, 0.15) is 22.2 Å². The van der Waals surface area contributed by atoms with Gasteiger partial charge >= 0.3 is 0 Å². The smallest absolute Gasteiger partial charge is 0.191 e. The normalized spacial score (nSPS) is 11.5. The van der Waals surface area contributed by atoms with Gasteiger partial charge < -0.3 is 10.6 Å². The van der Waals surface area contributed by atoms with Gasteiger partial charge in [-0.15, -0.1) is 11.3 Å². The van der Waals surface area contributed by atoms with E-state index in [1.807, 2.05) is 6.92 Å². The van der Waals surface area contributed by atoms with Crippen molar-refractivity contribution in [2.24, 2.45) is 4.99 Å².